The fraction of sp³-hybridized carbons (Fsp3) is 0.242. The zero-order valence-electron chi connectivity index (χ0n) is 24.0. The van der Waals surface area contributed by atoms with Crippen LogP contribution in [0.2, 0.25) is 0 Å². The van der Waals surface area contributed by atoms with Crippen LogP contribution in [0.15, 0.2) is 87.8 Å². The lowest BCUT2D eigenvalue weighted by atomic mass is 9.95. The molecular weight excluding hydrogens is 534 g/mol. The third-order valence-corrected chi connectivity index (χ3v) is 8.22. The summed E-state index contributed by atoms with van der Waals surface area (Å²) in [5.41, 5.74) is 5.19. The Morgan fingerprint density at radius 1 is 1.02 bits per heavy atom. The first-order chi connectivity index (χ1) is 19.7. The predicted molar refractivity (Wildman–Crippen MR) is 164 cm³/mol. The summed E-state index contributed by atoms with van der Waals surface area (Å²) >= 11 is 1.32. The second kappa shape index (κ2) is 11.6. The largest absolute Gasteiger partial charge is 0.497 e. The molecule has 1 aliphatic heterocycles. The lowest BCUT2D eigenvalue weighted by Gasteiger charge is -2.25. The SMILES string of the molecule is COc1cccc([C@@H]2C(C(=O)Nc3ccccc3)=C(C)N=c3s/c(=C/c4cc(C(C)C)c(OC)cc4C)c(=O)n32)c1. The molecule has 8 heteroatoms. The molecule has 4 aromatic rings. The molecule has 1 N–H and O–H groups in total. The molecule has 5 rings (SSSR count). The number of amides is 1. The van der Waals surface area contributed by atoms with Crippen molar-refractivity contribution in [2.45, 2.75) is 39.7 Å². The van der Waals surface area contributed by atoms with E-state index in [1.54, 1.807) is 18.8 Å². The number of nitrogens with one attached hydrogen (secondary N) is 1. The molecule has 2 heterocycles. The van der Waals surface area contributed by atoms with Gasteiger partial charge in [-0.05, 0) is 84.5 Å². The van der Waals surface area contributed by atoms with Crippen LogP contribution in [0.1, 0.15) is 55.0 Å². The van der Waals surface area contributed by atoms with Gasteiger partial charge in [-0.1, -0.05) is 55.5 Å². The highest BCUT2D eigenvalue weighted by Crippen LogP contribution is 2.33. The van der Waals surface area contributed by atoms with E-state index >= 15 is 0 Å². The van der Waals surface area contributed by atoms with E-state index in [1.165, 1.54) is 11.3 Å². The maximum atomic E-state index is 14.1. The maximum Gasteiger partial charge on any atom is 0.271 e. The molecule has 41 heavy (non-hydrogen) atoms. The molecule has 0 radical (unpaired) electrons. The number of hydrogen-bond acceptors (Lipinski definition) is 6. The smallest absolute Gasteiger partial charge is 0.271 e. The Labute approximate surface area is 243 Å². The van der Waals surface area contributed by atoms with Crippen molar-refractivity contribution >= 4 is 29.0 Å². The summed E-state index contributed by atoms with van der Waals surface area (Å²) < 4.78 is 13.3. The lowest BCUT2D eigenvalue weighted by Crippen LogP contribution is -2.40. The van der Waals surface area contributed by atoms with E-state index in [0.29, 0.717) is 32.0 Å². The molecule has 1 atom stereocenters. The molecule has 7 nitrogen and oxygen atoms in total. The number of para-hydroxylation sites is 1. The van der Waals surface area contributed by atoms with Crippen molar-refractivity contribution in [3.63, 3.8) is 0 Å². The number of methoxy groups -OCH3 is 2. The quantitative estimate of drug-likeness (QED) is 0.328. The van der Waals surface area contributed by atoms with E-state index in [9.17, 15) is 9.59 Å². The number of carbonyl (C=O) groups excluding carboxylic acids is 1. The third-order valence-electron chi connectivity index (χ3n) is 7.23. The molecule has 1 amide bonds. The standard InChI is InChI=1S/C33H33N3O4S/c1-19(2)26-17-23(20(3)15-27(26)40-6)18-28-32(38)36-30(22-11-10-14-25(16-22)39-5)29(21(4)34-33(36)41-28)31(37)35-24-12-8-7-9-13-24/h7-19,30H,1-6H3,(H,35,37)/b28-18+/t30-/m1/s1. The van der Waals surface area contributed by atoms with Gasteiger partial charge in [-0.2, -0.15) is 0 Å². The zero-order valence-corrected chi connectivity index (χ0v) is 24.8. The van der Waals surface area contributed by atoms with Gasteiger partial charge in [-0.25, -0.2) is 4.99 Å². The van der Waals surface area contributed by atoms with Crippen LogP contribution < -0.4 is 29.7 Å². The maximum absolute atomic E-state index is 14.1. The van der Waals surface area contributed by atoms with Crippen LogP contribution in [0.25, 0.3) is 6.08 Å². The Balaban J connectivity index is 1.70. The number of carbonyl (C=O) groups is 1. The molecule has 1 aromatic heterocycles. The average molecular weight is 568 g/mol. The molecule has 0 spiro atoms. The normalized spacial score (nSPS) is 15.0. The number of thiazole rings is 1. The van der Waals surface area contributed by atoms with Crippen molar-refractivity contribution in [1.82, 2.24) is 4.57 Å². The van der Waals surface area contributed by atoms with Gasteiger partial charge in [0.2, 0.25) is 0 Å². The summed E-state index contributed by atoms with van der Waals surface area (Å²) in [6, 6.07) is 20.1. The number of hydrogen-bond donors (Lipinski definition) is 1. The number of ether oxygens (including phenoxy) is 2. The Bertz CT molecular complexity index is 1830. The van der Waals surface area contributed by atoms with Gasteiger partial charge in [0.05, 0.1) is 36.1 Å². The fourth-order valence-corrected chi connectivity index (χ4v) is 6.14. The number of aromatic nitrogens is 1. The second-order valence-electron chi connectivity index (χ2n) is 10.3. The minimum Gasteiger partial charge on any atom is -0.497 e. The first-order valence-electron chi connectivity index (χ1n) is 13.4. The number of rotatable bonds is 7. The summed E-state index contributed by atoms with van der Waals surface area (Å²) in [4.78, 5) is 33.2. The predicted octanol–water partition coefficient (Wildman–Crippen LogP) is 5.32. The van der Waals surface area contributed by atoms with Crippen molar-refractivity contribution in [2.24, 2.45) is 4.99 Å². The van der Waals surface area contributed by atoms with Gasteiger partial charge >= 0.3 is 0 Å². The van der Waals surface area contributed by atoms with E-state index in [4.69, 9.17) is 14.5 Å². The molecule has 210 valence electrons. The molecule has 3 aromatic carbocycles. The van der Waals surface area contributed by atoms with Crippen LogP contribution in [-0.2, 0) is 4.79 Å². The van der Waals surface area contributed by atoms with Gasteiger partial charge in [-0.15, -0.1) is 0 Å². The van der Waals surface area contributed by atoms with Crippen molar-refractivity contribution in [3.05, 3.63) is 120 Å². The second-order valence-corrected chi connectivity index (χ2v) is 11.3. The molecule has 0 fully saturated rings. The number of fused-ring (bicyclic) bond motifs is 1. The van der Waals surface area contributed by atoms with E-state index in [0.717, 1.165) is 28.0 Å². The van der Waals surface area contributed by atoms with Gasteiger partial charge in [0, 0.05) is 5.69 Å². The zero-order chi connectivity index (χ0) is 29.3. The third kappa shape index (κ3) is 5.47. The Hall–Kier alpha value is -4.43. The van der Waals surface area contributed by atoms with E-state index in [2.05, 4.69) is 25.2 Å². The highest BCUT2D eigenvalue weighted by Gasteiger charge is 2.32. The number of allylic oxidation sites excluding steroid dienone is 1. The monoisotopic (exact) mass is 567 g/mol. The van der Waals surface area contributed by atoms with Crippen LogP contribution in [0.4, 0.5) is 5.69 Å². The van der Waals surface area contributed by atoms with Gasteiger partial charge < -0.3 is 14.8 Å². The van der Waals surface area contributed by atoms with Crippen LogP contribution in [0.3, 0.4) is 0 Å². The van der Waals surface area contributed by atoms with Gasteiger partial charge in [-0.3, -0.25) is 14.2 Å². The van der Waals surface area contributed by atoms with Gasteiger partial charge in [0.1, 0.15) is 11.5 Å². The molecule has 0 saturated heterocycles. The number of aryl methyl sites for hydroxylation is 1. The Morgan fingerprint density at radius 2 is 1.78 bits per heavy atom. The van der Waals surface area contributed by atoms with Crippen molar-refractivity contribution in [3.8, 4) is 11.5 Å². The van der Waals surface area contributed by atoms with Crippen LogP contribution in [0, 0.1) is 6.92 Å². The minimum atomic E-state index is -0.685. The fourth-order valence-electron chi connectivity index (χ4n) is 5.10. The summed E-state index contributed by atoms with van der Waals surface area (Å²) in [6.07, 6.45) is 1.91. The van der Waals surface area contributed by atoms with Crippen LogP contribution in [-0.4, -0.2) is 24.7 Å². The average Bonchev–Trinajstić information content (AvgIpc) is 3.27. The van der Waals surface area contributed by atoms with E-state index < -0.39 is 6.04 Å². The topological polar surface area (TPSA) is 81.9 Å². The van der Waals surface area contributed by atoms with Gasteiger partial charge in [0.25, 0.3) is 11.5 Å². The minimum absolute atomic E-state index is 0.208. The van der Waals surface area contributed by atoms with Crippen LogP contribution in [0.5, 0.6) is 11.5 Å². The Morgan fingerprint density at radius 3 is 2.46 bits per heavy atom. The summed E-state index contributed by atoms with van der Waals surface area (Å²) in [7, 11) is 3.27. The molecule has 0 bridgehead atoms. The van der Waals surface area contributed by atoms with E-state index in [-0.39, 0.29) is 17.4 Å². The van der Waals surface area contributed by atoms with Crippen molar-refractivity contribution < 1.29 is 14.3 Å². The molecule has 0 aliphatic carbocycles. The molecule has 0 unspecified atom stereocenters. The Kier molecular flexibility index (Phi) is 7.94. The van der Waals surface area contributed by atoms with Crippen molar-refractivity contribution in [2.75, 3.05) is 19.5 Å². The highest BCUT2D eigenvalue weighted by molar-refractivity contribution is 7.07. The van der Waals surface area contributed by atoms with Crippen LogP contribution >= 0.6 is 11.3 Å². The molecule has 1 aliphatic rings. The highest BCUT2D eigenvalue weighted by atomic mass is 32.1. The first-order valence-corrected chi connectivity index (χ1v) is 14.2. The first kappa shape index (κ1) is 28.1. The number of anilines is 1. The van der Waals surface area contributed by atoms with E-state index in [1.807, 2.05) is 80.6 Å². The number of nitrogens with zero attached hydrogens (tertiary/aromatic N) is 2. The lowest BCUT2D eigenvalue weighted by molar-refractivity contribution is -0.113. The summed E-state index contributed by atoms with van der Waals surface area (Å²) in [5.74, 6) is 1.41. The van der Waals surface area contributed by atoms with Crippen molar-refractivity contribution in [1.29, 1.82) is 0 Å². The molecule has 0 saturated carbocycles. The summed E-state index contributed by atoms with van der Waals surface area (Å²) in [6.45, 7) is 8.05. The molecular formula is C33H33N3O4S. The van der Waals surface area contributed by atoms with Gasteiger partial charge in [0.15, 0.2) is 4.80 Å². The summed E-state index contributed by atoms with van der Waals surface area (Å²) in [5, 5.41) is 2.98. The number of benzene rings is 3.